The van der Waals surface area contributed by atoms with Gasteiger partial charge in [0.25, 0.3) is 0 Å². The lowest BCUT2D eigenvalue weighted by Crippen LogP contribution is -2.43. The van der Waals surface area contributed by atoms with Crippen molar-refractivity contribution in [2.24, 2.45) is 5.92 Å². The molecule has 1 aromatic carbocycles. The van der Waals surface area contributed by atoms with Crippen LogP contribution in [0.25, 0.3) is 5.69 Å². The number of carbonyl (C=O) groups excluding carboxylic acids is 2. The summed E-state index contributed by atoms with van der Waals surface area (Å²) in [5.41, 5.74) is 1.47. The van der Waals surface area contributed by atoms with Gasteiger partial charge in [-0.25, -0.2) is 4.68 Å². The molecule has 186 valence electrons. The van der Waals surface area contributed by atoms with E-state index >= 15 is 0 Å². The lowest BCUT2D eigenvalue weighted by Gasteiger charge is -2.28. The average molecular weight is 471 g/mol. The summed E-state index contributed by atoms with van der Waals surface area (Å²) >= 11 is 0. The second-order valence-corrected chi connectivity index (χ2v) is 9.91. The van der Waals surface area contributed by atoms with E-state index in [0.29, 0.717) is 19.0 Å². The van der Waals surface area contributed by atoms with Crippen LogP contribution in [0.1, 0.15) is 58.6 Å². The number of nitrogens with one attached hydrogen (secondary N) is 1. The van der Waals surface area contributed by atoms with Gasteiger partial charge in [-0.05, 0) is 37.1 Å². The van der Waals surface area contributed by atoms with E-state index in [1.807, 2.05) is 30.3 Å². The summed E-state index contributed by atoms with van der Waals surface area (Å²) in [6.45, 7) is 7.00. The first-order valence-corrected chi connectivity index (χ1v) is 12.1. The molecule has 1 heterocycles. The maximum Gasteiger partial charge on any atom is 0.245 e. The quantitative estimate of drug-likeness (QED) is 0.594. The molecule has 0 radical (unpaired) electrons. The molecule has 0 bridgehead atoms. The van der Waals surface area contributed by atoms with Gasteiger partial charge in [0.15, 0.2) is 0 Å². The maximum absolute atomic E-state index is 13.1. The third kappa shape index (κ3) is 6.59. The Morgan fingerprint density at radius 3 is 2.38 bits per heavy atom. The number of aromatic nitrogens is 2. The van der Waals surface area contributed by atoms with E-state index in [1.165, 1.54) is 6.42 Å². The van der Waals surface area contributed by atoms with Gasteiger partial charge in [-0.2, -0.15) is 5.10 Å². The summed E-state index contributed by atoms with van der Waals surface area (Å²) in [6, 6.07) is 9.39. The number of ether oxygens (including phenoxy) is 2. The maximum atomic E-state index is 13.1. The molecule has 8 nitrogen and oxygen atoms in total. The van der Waals surface area contributed by atoms with E-state index in [1.54, 1.807) is 23.8 Å². The number of benzene rings is 1. The zero-order chi connectivity index (χ0) is 24.7. The second kappa shape index (κ2) is 11.5. The van der Waals surface area contributed by atoms with Gasteiger partial charge < -0.3 is 19.7 Å². The number of hydrogen-bond acceptors (Lipinski definition) is 5. The van der Waals surface area contributed by atoms with Gasteiger partial charge in [-0.1, -0.05) is 40.0 Å². The highest BCUT2D eigenvalue weighted by atomic mass is 16.5. The van der Waals surface area contributed by atoms with Crippen molar-refractivity contribution in [2.75, 3.05) is 39.2 Å². The van der Waals surface area contributed by atoms with E-state index in [4.69, 9.17) is 14.6 Å². The summed E-state index contributed by atoms with van der Waals surface area (Å²) in [6.07, 6.45) is 5.09. The lowest BCUT2D eigenvalue weighted by molar-refractivity contribution is -0.139. The lowest BCUT2D eigenvalue weighted by atomic mass is 9.88. The Morgan fingerprint density at radius 1 is 1.12 bits per heavy atom. The number of rotatable bonds is 9. The van der Waals surface area contributed by atoms with E-state index < -0.39 is 0 Å². The van der Waals surface area contributed by atoms with Crippen LogP contribution in [0, 0.1) is 5.92 Å². The first-order chi connectivity index (χ1) is 16.2. The van der Waals surface area contributed by atoms with Crippen LogP contribution in [0.5, 0.6) is 5.75 Å². The monoisotopic (exact) mass is 470 g/mol. The van der Waals surface area contributed by atoms with Crippen LogP contribution in [0.4, 0.5) is 5.82 Å². The van der Waals surface area contributed by atoms with Crippen molar-refractivity contribution in [1.29, 1.82) is 0 Å². The van der Waals surface area contributed by atoms with Gasteiger partial charge in [0.05, 0.1) is 31.6 Å². The zero-order valence-electron chi connectivity index (χ0n) is 21.1. The molecule has 0 aliphatic heterocycles. The van der Waals surface area contributed by atoms with Crippen molar-refractivity contribution >= 4 is 17.6 Å². The van der Waals surface area contributed by atoms with E-state index in [0.717, 1.165) is 42.8 Å². The van der Waals surface area contributed by atoms with Crippen molar-refractivity contribution < 1.29 is 19.1 Å². The van der Waals surface area contributed by atoms with Gasteiger partial charge in [-0.15, -0.1) is 0 Å². The minimum absolute atomic E-state index is 0.00396. The highest BCUT2D eigenvalue weighted by molar-refractivity contribution is 5.94. The molecule has 1 aliphatic carbocycles. The Bertz CT molecular complexity index is 956. The number of carbonyl (C=O) groups is 2. The van der Waals surface area contributed by atoms with Gasteiger partial charge >= 0.3 is 0 Å². The van der Waals surface area contributed by atoms with Crippen molar-refractivity contribution in [3.8, 4) is 11.4 Å². The fraction of sp³-hybridized carbons (Fsp3) is 0.577. The SMILES string of the molecule is COCCN(CC(=O)Nc1cc(C(C)(C)C)nn1-c1ccc(OC)cc1)C(=O)C1CCCCC1. The van der Waals surface area contributed by atoms with Crippen molar-refractivity contribution in [2.45, 2.75) is 58.3 Å². The first-order valence-electron chi connectivity index (χ1n) is 12.1. The predicted molar refractivity (Wildman–Crippen MR) is 132 cm³/mol. The smallest absolute Gasteiger partial charge is 0.245 e. The van der Waals surface area contributed by atoms with Crippen LogP contribution in [-0.2, 0) is 19.7 Å². The summed E-state index contributed by atoms with van der Waals surface area (Å²) in [4.78, 5) is 27.9. The second-order valence-electron chi connectivity index (χ2n) is 9.91. The minimum atomic E-state index is -0.254. The van der Waals surface area contributed by atoms with Crippen LogP contribution in [0.2, 0.25) is 0 Å². The molecule has 2 aromatic rings. The largest absolute Gasteiger partial charge is 0.497 e. The fourth-order valence-corrected chi connectivity index (χ4v) is 4.19. The summed E-state index contributed by atoms with van der Waals surface area (Å²) in [5.74, 6) is 1.10. The molecular formula is C26H38N4O4. The Kier molecular flexibility index (Phi) is 8.72. The normalized spacial score (nSPS) is 14.6. The van der Waals surface area contributed by atoms with Crippen molar-refractivity contribution in [3.63, 3.8) is 0 Å². The molecule has 34 heavy (non-hydrogen) atoms. The number of nitrogens with zero attached hydrogens (tertiary/aromatic N) is 3. The molecule has 1 fully saturated rings. The standard InChI is InChI=1S/C26H38N4O4/c1-26(2,3)22-17-23(30(28-22)20-11-13-21(34-5)14-12-20)27-24(31)18-29(15-16-33-4)25(32)19-9-7-6-8-10-19/h11-14,17,19H,6-10,15-16,18H2,1-5H3,(H,27,31). The van der Waals surface area contributed by atoms with Crippen molar-refractivity contribution in [1.82, 2.24) is 14.7 Å². The Labute approximate surface area is 202 Å². The fourth-order valence-electron chi connectivity index (χ4n) is 4.19. The molecule has 1 aliphatic rings. The molecule has 1 aromatic heterocycles. The molecule has 0 unspecified atom stereocenters. The number of methoxy groups -OCH3 is 2. The summed E-state index contributed by atoms with van der Waals surface area (Å²) in [7, 11) is 3.22. The number of hydrogen-bond donors (Lipinski definition) is 1. The molecule has 0 spiro atoms. The summed E-state index contributed by atoms with van der Waals surface area (Å²) < 4.78 is 12.2. The van der Waals surface area contributed by atoms with Crippen LogP contribution < -0.4 is 10.1 Å². The minimum Gasteiger partial charge on any atom is -0.497 e. The third-order valence-electron chi connectivity index (χ3n) is 6.23. The highest BCUT2D eigenvalue weighted by Gasteiger charge is 2.28. The molecule has 3 rings (SSSR count). The van der Waals surface area contributed by atoms with Gasteiger partial charge in [0.2, 0.25) is 11.8 Å². The van der Waals surface area contributed by atoms with E-state index in [2.05, 4.69) is 26.1 Å². The molecule has 0 atom stereocenters. The van der Waals surface area contributed by atoms with Gasteiger partial charge in [0, 0.05) is 31.1 Å². The summed E-state index contributed by atoms with van der Waals surface area (Å²) in [5, 5.41) is 7.75. The van der Waals surface area contributed by atoms with Crippen LogP contribution >= 0.6 is 0 Å². The zero-order valence-corrected chi connectivity index (χ0v) is 21.1. The molecule has 8 heteroatoms. The number of anilines is 1. The third-order valence-corrected chi connectivity index (χ3v) is 6.23. The molecular weight excluding hydrogens is 432 g/mol. The molecule has 2 amide bonds. The van der Waals surface area contributed by atoms with Crippen molar-refractivity contribution in [3.05, 3.63) is 36.0 Å². The Hall–Kier alpha value is -2.87. The highest BCUT2D eigenvalue weighted by Crippen LogP contribution is 2.28. The van der Waals surface area contributed by atoms with Crippen LogP contribution in [-0.4, -0.2) is 60.4 Å². The molecule has 0 saturated heterocycles. The van der Waals surface area contributed by atoms with E-state index in [9.17, 15) is 9.59 Å². The Balaban J connectivity index is 1.80. The topological polar surface area (TPSA) is 85.7 Å². The van der Waals surface area contributed by atoms with Gasteiger partial charge in [0.1, 0.15) is 11.6 Å². The first kappa shape index (κ1) is 25.7. The molecule has 1 N–H and O–H groups in total. The average Bonchev–Trinajstić information content (AvgIpc) is 3.26. The van der Waals surface area contributed by atoms with Crippen LogP contribution in [0.3, 0.4) is 0 Å². The molecule has 1 saturated carbocycles. The predicted octanol–water partition coefficient (Wildman–Crippen LogP) is 4.17. The Morgan fingerprint density at radius 2 is 1.79 bits per heavy atom. The van der Waals surface area contributed by atoms with E-state index in [-0.39, 0.29) is 29.7 Å². The number of amides is 2. The van der Waals surface area contributed by atoms with Gasteiger partial charge in [-0.3, -0.25) is 9.59 Å². The van der Waals surface area contributed by atoms with Crippen LogP contribution in [0.15, 0.2) is 30.3 Å².